The quantitative estimate of drug-likeness (QED) is 0.798. The average Bonchev–Trinajstić information content (AvgIpc) is 2.43. The van der Waals surface area contributed by atoms with Crippen molar-refractivity contribution in [1.82, 2.24) is 10.2 Å². The lowest BCUT2D eigenvalue weighted by Gasteiger charge is -2.24. The number of hydrogen-bond acceptors (Lipinski definition) is 4. The number of carbonyl (C=O) groups excluding carboxylic acids is 1. The van der Waals surface area contributed by atoms with Gasteiger partial charge in [-0.3, -0.25) is 0 Å². The predicted molar refractivity (Wildman–Crippen MR) is 79.2 cm³/mol. The minimum Gasteiger partial charge on any atom is -0.383 e. The fourth-order valence-electron chi connectivity index (χ4n) is 1.65. The van der Waals surface area contributed by atoms with Gasteiger partial charge in [0.25, 0.3) is 0 Å². The van der Waals surface area contributed by atoms with Crippen LogP contribution in [0.4, 0.5) is 4.79 Å². The van der Waals surface area contributed by atoms with Crippen LogP contribution in [0.3, 0.4) is 0 Å². The molecule has 0 heterocycles. The van der Waals surface area contributed by atoms with Crippen molar-refractivity contribution in [2.75, 3.05) is 20.8 Å². The second-order valence-electron chi connectivity index (χ2n) is 4.76. The Morgan fingerprint density at radius 2 is 1.95 bits per heavy atom. The van der Waals surface area contributed by atoms with Crippen LogP contribution in [0.15, 0.2) is 29.2 Å². The lowest BCUT2D eigenvalue weighted by atomic mass is 10.2. The smallest absolute Gasteiger partial charge is 0.317 e. The number of benzene rings is 1. The molecule has 0 fully saturated rings. The summed E-state index contributed by atoms with van der Waals surface area (Å²) in [6, 6.07) is 5.77. The van der Waals surface area contributed by atoms with Gasteiger partial charge in [0, 0.05) is 20.7 Å². The van der Waals surface area contributed by atoms with Crippen molar-refractivity contribution in [3.8, 4) is 0 Å². The Bertz CT molecular complexity index is 572. The molecule has 0 saturated heterocycles. The number of ether oxygens (including phenoxy) is 1. The zero-order valence-electron chi connectivity index (χ0n) is 12.4. The SMILES string of the molecule is COC[C@@H](C)N(C)C(=O)NCc1ccc(S(N)(=O)=O)cc1. The molecular weight excluding hydrogens is 294 g/mol. The number of hydrogen-bond donors (Lipinski definition) is 2. The second-order valence-corrected chi connectivity index (χ2v) is 6.32. The van der Waals surface area contributed by atoms with Crippen LogP contribution in [0.1, 0.15) is 12.5 Å². The highest BCUT2D eigenvalue weighted by molar-refractivity contribution is 7.89. The van der Waals surface area contributed by atoms with Crippen LogP contribution in [0.25, 0.3) is 0 Å². The number of nitrogens with two attached hydrogens (primary N) is 1. The minimum atomic E-state index is -3.69. The van der Waals surface area contributed by atoms with Gasteiger partial charge in [0.15, 0.2) is 0 Å². The van der Waals surface area contributed by atoms with Crippen molar-refractivity contribution in [2.45, 2.75) is 24.4 Å². The van der Waals surface area contributed by atoms with E-state index in [4.69, 9.17) is 9.88 Å². The van der Waals surface area contributed by atoms with E-state index in [9.17, 15) is 13.2 Å². The van der Waals surface area contributed by atoms with Gasteiger partial charge in [-0.1, -0.05) is 12.1 Å². The molecule has 21 heavy (non-hydrogen) atoms. The topological polar surface area (TPSA) is 102 Å². The number of sulfonamides is 1. The van der Waals surface area contributed by atoms with Gasteiger partial charge in [0.1, 0.15) is 0 Å². The molecule has 7 nitrogen and oxygen atoms in total. The zero-order valence-corrected chi connectivity index (χ0v) is 13.2. The van der Waals surface area contributed by atoms with Crippen molar-refractivity contribution in [3.63, 3.8) is 0 Å². The molecule has 0 aliphatic heterocycles. The molecular formula is C13H21N3O4S. The number of nitrogens with zero attached hydrogens (tertiary/aromatic N) is 1. The molecule has 1 aromatic rings. The summed E-state index contributed by atoms with van der Waals surface area (Å²) in [5.41, 5.74) is 0.781. The van der Waals surface area contributed by atoms with E-state index in [0.717, 1.165) is 5.56 Å². The summed E-state index contributed by atoms with van der Waals surface area (Å²) in [5, 5.41) is 7.76. The van der Waals surface area contributed by atoms with E-state index < -0.39 is 10.0 Å². The van der Waals surface area contributed by atoms with Crippen LogP contribution in [-0.4, -0.2) is 46.2 Å². The first-order valence-electron chi connectivity index (χ1n) is 6.37. The number of nitrogens with one attached hydrogen (secondary N) is 1. The van der Waals surface area contributed by atoms with Crippen LogP contribution in [0.5, 0.6) is 0 Å². The van der Waals surface area contributed by atoms with Gasteiger partial charge in [-0.2, -0.15) is 0 Å². The molecule has 0 bridgehead atoms. The molecule has 0 aliphatic carbocycles. The molecule has 0 saturated carbocycles. The third kappa shape index (κ3) is 5.33. The highest BCUT2D eigenvalue weighted by atomic mass is 32.2. The van der Waals surface area contributed by atoms with Gasteiger partial charge in [0.2, 0.25) is 10.0 Å². The standard InChI is InChI=1S/C13H21N3O4S/c1-10(9-20-3)16(2)13(17)15-8-11-4-6-12(7-5-11)21(14,18)19/h4-7,10H,8-9H2,1-3H3,(H,15,17)(H2,14,18,19)/t10-/m1/s1. The highest BCUT2D eigenvalue weighted by Crippen LogP contribution is 2.08. The summed E-state index contributed by atoms with van der Waals surface area (Å²) in [7, 11) is -0.429. The molecule has 0 aliphatic rings. The van der Waals surface area contributed by atoms with E-state index in [2.05, 4.69) is 5.32 Å². The number of urea groups is 1. The first-order valence-corrected chi connectivity index (χ1v) is 7.91. The number of primary sulfonamides is 1. The van der Waals surface area contributed by atoms with E-state index in [1.54, 1.807) is 31.2 Å². The fraction of sp³-hybridized carbons (Fsp3) is 0.462. The first kappa shape index (κ1) is 17.4. The number of methoxy groups -OCH3 is 1. The first-order chi connectivity index (χ1) is 9.75. The van der Waals surface area contributed by atoms with Gasteiger partial charge in [-0.05, 0) is 24.6 Å². The molecule has 3 N–H and O–H groups in total. The summed E-state index contributed by atoms with van der Waals surface area (Å²) < 4.78 is 27.2. The van der Waals surface area contributed by atoms with Crippen molar-refractivity contribution < 1.29 is 17.9 Å². The molecule has 1 aromatic carbocycles. The van der Waals surface area contributed by atoms with Gasteiger partial charge in [-0.15, -0.1) is 0 Å². The molecule has 1 atom stereocenters. The molecule has 0 unspecified atom stereocenters. The highest BCUT2D eigenvalue weighted by Gasteiger charge is 2.15. The molecule has 118 valence electrons. The number of carbonyl (C=O) groups is 1. The molecule has 0 spiro atoms. The monoisotopic (exact) mass is 315 g/mol. The van der Waals surface area contributed by atoms with E-state index in [1.807, 2.05) is 6.92 Å². The third-order valence-electron chi connectivity index (χ3n) is 3.08. The Morgan fingerprint density at radius 3 is 2.43 bits per heavy atom. The van der Waals surface area contributed by atoms with E-state index in [-0.39, 0.29) is 17.0 Å². The Balaban J connectivity index is 2.57. The Kier molecular flexibility index (Phi) is 6.13. The number of rotatable bonds is 6. The fourth-order valence-corrected chi connectivity index (χ4v) is 2.17. The maximum atomic E-state index is 11.9. The lowest BCUT2D eigenvalue weighted by Crippen LogP contribution is -2.43. The minimum absolute atomic E-state index is 0.0419. The summed E-state index contributed by atoms with van der Waals surface area (Å²) >= 11 is 0. The number of likely N-dealkylation sites (N-methyl/N-ethyl adjacent to an activating group) is 1. The lowest BCUT2D eigenvalue weighted by molar-refractivity contribution is 0.123. The van der Waals surface area contributed by atoms with Crippen LogP contribution in [-0.2, 0) is 21.3 Å². The van der Waals surface area contributed by atoms with Crippen LogP contribution < -0.4 is 10.5 Å². The molecule has 2 amide bonds. The van der Waals surface area contributed by atoms with E-state index in [0.29, 0.717) is 13.2 Å². The van der Waals surface area contributed by atoms with Crippen molar-refractivity contribution in [2.24, 2.45) is 5.14 Å². The normalized spacial score (nSPS) is 12.8. The zero-order chi connectivity index (χ0) is 16.0. The van der Waals surface area contributed by atoms with E-state index >= 15 is 0 Å². The van der Waals surface area contributed by atoms with Gasteiger partial charge in [0.05, 0.1) is 17.5 Å². The summed E-state index contributed by atoms with van der Waals surface area (Å²) in [6.45, 7) is 2.63. The summed E-state index contributed by atoms with van der Waals surface area (Å²) in [4.78, 5) is 13.5. The Morgan fingerprint density at radius 1 is 1.38 bits per heavy atom. The van der Waals surface area contributed by atoms with Crippen molar-refractivity contribution >= 4 is 16.1 Å². The van der Waals surface area contributed by atoms with Gasteiger partial charge >= 0.3 is 6.03 Å². The van der Waals surface area contributed by atoms with Crippen molar-refractivity contribution in [1.29, 1.82) is 0 Å². The van der Waals surface area contributed by atoms with Gasteiger partial charge in [-0.25, -0.2) is 18.4 Å². The Hall–Kier alpha value is -1.64. The largest absolute Gasteiger partial charge is 0.383 e. The van der Waals surface area contributed by atoms with Crippen LogP contribution in [0, 0.1) is 0 Å². The third-order valence-corrected chi connectivity index (χ3v) is 4.01. The maximum absolute atomic E-state index is 11.9. The molecule has 8 heteroatoms. The second kappa shape index (κ2) is 7.39. The van der Waals surface area contributed by atoms with Gasteiger partial charge < -0.3 is 15.0 Å². The van der Waals surface area contributed by atoms with Crippen molar-refractivity contribution in [3.05, 3.63) is 29.8 Å². The molecule has 1 rings (SSSR count). The van der Waals surface area contributed by atoms with Crippen LogP contribution >= 0.6 is 0 Å². The predicted octanol–water partition coefficient (Wildman–Crippen LogP) is 0.510. The molecule has 0 radical (unpaired) electrons. The van der Waals surface area contributed by atoms with Crippen LogP contribution in [0.2, 0.25) is 0 Å². The summed E-state index contributed by atoms with van der Waals surface area (Å²) in [5.74, 6) is 0. The number of amides is 2. The molecule has 0 aromatic heterocycles. The summed E-state index contributed by atoms with van der Waals surface area (Å²) in [6.07, 6.45) is 0. The average molecular weight is 315 g/mol. The maximum Gasteiger partial charge on any atom is 0.317 e. The Labute approximate surface area is 125 Å². The van der Waals surface area contributed by atoms with E-state index in [1.165, 1.54) is 12.1 Å².